The van der Waals surface area contributed by atoms with Crippen LogP contribution in [0.15, 0.2) is 36.7 Å². The summed E-state index contributed by atoms with van der Waals surface area (Å²) in [5.74, 6) is 0.464. The van der Waals surface area contributed by atoms with E-state index in [4.69, 9.17) is 5.10 Å². The average Bonchev–Trinajstić information content (AvgIpc) is 3.53. The van der Waals surface area contributed by atoms with E-state index < -0.39 is 6.04 Å². The van der Waals surface area contributed by atoms with Gasteiger partial charge in [-0.25, -0.2) is 4.68 Å². The van der Waals surface area contributed by atoms with Crippen molar-refractivity contribution in [1.29, 1.82) is 5.26 Å². The van der Waals surface area contributed by atoms with Crippen LogP contribution in [-0.2, 0) is 16.6 Å². The van der Waals surface area contributed by atoms with Crippen molar-refractivity contribution >= 4 is 34.5 Å². The minimum Gasteiger partial charge on any atom is -0.343 e. The van der Waals surface area contributed by atoms with E-state index in [1.807, 2.05) is 22.9 Å². The van der Waals surface area contributed by atoms with Gasteiger partial charge in [-0.05, 0) is 42.7 Å². The van der Waals surface area contributed by atoms with Gasteiger partial charge in [0.15, 0.2) is 0 Å². The van der Waals surface area contributed by atoms with E-state index in [1.54, 1.807) is 12.3 Å². The third-order valence-corrected chi connectivity index (χ3v) is 7.45. The molecule has 1 aromatic carbocycles. The van der Waals surface area contributed by atoms with Crippen molar-refractivity contribution in [2.75, 3.05) is 18.2 Å². The Morgan fingerprint density at radius 2 is 2.18 bits per heavy atom. The lowest BCUT2D eigenvalue weighted by Crippen LogP contribution is -2.42. The molecule has 2 aromatic heterocycles. The molecule has 1 fully saturated rings. The van der Waals surface area contributed by atoms with Crippen LogP contribution in [-0.4, -0.2) is 55.7 Å². The number of fused-ring (bicyclic) bond motifs is 2. The van der Waals surface area contributed by atoms with E-state index in [0.717, 1.165) is 24.2 Å². The van der Waals surface area contributed by atoms with Crippen molar-refractivity contribution < 1.29 is 9.59 Å². The number of aryl methyl sites for hydroxylation is 1. The smallest absolute Gasteiger partial charge is 0.252 e. The maximum Gasteiger partial charge on any atom is 0.252 e. The number of pyridine rings is 1. The SMILES string of the molecule is CC1(C)CCc2cn(-c3ccc4nccc(C(=O)NCC(=O)N5CSC[C@H]5C#N)c4c3)nc21. The molecule has 3 aromatic rings. The van der Waals surface area contributed by atoms with E-state index >= 15 is 0 Å². The summed E-state index contributed by atoms with van der Waals surface area (Å²) in [6.07, 6.45) is 5.77. The largest absolute Gasteiger partial charge is 0.343 e. The van der Waals surface area contributed by atoms with Crippen molar-refractivity contribution in [3.63, 3.8) is 0 Å². The first-order valence-corrected chi connectivity index (χ1v) is 12.1. The van der Waals surface area contributed by atoms with Crippen LogP contribution >= 0.6 is 11.8 Å². The minimum absolute atomic E-state index is 0.0645. The fraction of sp³-hybridized carbons (Fsp3) is 0.375. The van der Waals surface area contributed by atoms with Gasteiger partial charge >= 0.3 is 0 Å². The summed E-state index contributed by atoms with van der Waals surface area (Å²) < 4.78 is 1.87. The third-order valence-electron chi connectivity index (χ3n) is 6.44. The molecule has 9 heteroatoms. The van der Waals surface area contributed by atoms with Crippen LogP contribution in [0.1, 0.15) is 41.9 Å². The zero-order chi connectivity index (χ0) is 23.2. The van der Waals surface area contributed by atoms with Gasteiger partial charge in [0.25, 0.3) is 5.91 Å². The zero-order valence-corrected chi connectivity index (χ0v) is 19.4. The molecular formula is C24H24N6O2S. The molecule has 0 saturated carbocycles. The predicted molar refractivity (Wildman–Crippen MR) is 126 cm³/mol. The molecule has 1 atom stereocenters. The summed E-state index contributed by atoms with van der Waals surface area (Å²) in [7, 11) is 0. The second kappa shape index (κ2) is 8.19. The van der Waals surface area contributed by atoms with Crippen molar-refractivity contribution in [3.05, 3.63) is 53.5 Å². The number of aromatic nitrogens is 3. The highest BCUT2D eigenvalue weighted by Gasteiger charge is 2.33. The van der Waals surface area contributed by atoms with E-state index in [2.05, 4.69) is 36.4 Å². The molecule has 1 aliphatic heterocycles. The van der Waals surface area contributed by atoms with Crippen LogP contribution < -0.4 is 5.32 Å². The van der Waals surface area contributed by atoms with Gasteiger partial charge in [0, 0.05) is 28.9 Å². The van der Waals surface area contributed by atoms with Gasteiger partial charge in [0.2, 0.25) is 5.91 Å². The Balaban J connectivity index is 1.39. The van der Waals surface area contributed by atoms with E-state index in [9.17, 15) is 14.9 Å². The summed E-state index contributed by atoms with van der Waals surface area (Å²) in [5, 5.41) is 17.4. The van der Waals surface area contributed by atoms with Crippen molar-refractivity contribution in [2.24, 2.45) is 0 Å². The first-order valence-electron chi connectivity index (χ1n) is 10.9. The summed E-state index contributed by atoms with van der Waals surface area (Å²) in [6.45, 7) is 4.27. The number of hydrogen-bond acceptors (Lipinski definition) is 6. The van der Waals surface area contributed by atoms with E-state index in [0.29, 0.717) is 28.1 Å². The zero-order valence-electron chi connectivity index (χ0n) is 18.5. The number of carbonyl (C=O) groups excluding carboxylic acids is 2. The van der Waals surface area contributed by atoms with Crippen LogP contribution in [0, 0.1) is 11.3 Å². The van der Waals surface area contributed by atoms with Crippen LogP contribution in [0.4, 0.5) is 0 Å². The van der Waals surface area contributed by atoms with Gasteiger partial charge in [-0.2, -0.15) is 10.4 Å². The highest BCUT2D eigenvalue weighted by molar-refractivity contribution is 7.99. The van der Waals surface area contributed by atoms with E-state index in [1.165, 1.54) is 22.2 Å². The van der Waals surface area contributed by atoms with Crippen LogP contribution in [0.3, 0.4) is 0 Å². The average molecular weight is 461 g/mol. The highest BCUT2D eigenvalue weighted by Crippen LogP contribution is 2.37. The molecule has 0 spiro atoms. The lowest BCUT2D eigenvalue weighted by molar-refractivity contribution is -0.129. The molecule has 1 saturated heterocycles. The lowest BCUT2D eigenvalue weighted by Gasteiger charge is -2.18. The Bertz CT molecular complexity index is 1310. The normalized spacial score (nSPS) is 18.8. The molecule has 2 aliphatic rings. The number of rotatable bonds is 4. The number of nitriles is 1. The first-order chi connectivity index (χ1) is 15.9. The highest BCUT2D eigenvalue weighted by atomic mass is 32.2. The second-order valence-corrected chi connectivity index (χ2v) is 10.1. The van der Waals surface area contributed by atoms with Crippen LogP contribution in [0.25, 0.3) is 16.6 Å². The number of thioether (sulfide) groups is 1. The number of hydrogen-bond donors (Lipinski definition) is 1. The molecule has 0 bridgehead atoms. The number of nitrogens with one attached hydrogen (secondary N) is 1. The second-order valence-electron chi connectivity index (χ2n) is 9.08. The molecule has 0 radical (unpaired) electrons. The monoisotopic (exact) mass is 460 g/mol. The number of carbonyl (C=O) groups is 2. The third kappa shape index (κ3) is 3.85. The number of amides is 2. The van der Waals surface area contributed by atoms with Gasteiger partial charge in [-0.15, -0.1) is 11.8 Å². The number of nitrogens with zero attached hydrogens (tertiary/aromatic N) is 5. The minimum atomic E-state index is -0.440. The maximum atomic E-state index is 13.0. The van der Waals surface area contributed by atoms with Crippen molar-refractivity contribution in [2.45, 2.75) is 38.1 Å². The van der Waals surface area contributed by atoms with Gasteiger partial charge in [-0.3, -0.25) is 14.6 Å². The van der Waals surface area contributed by atoms with Gasteiger partial charge in [0.05, 0.1) is 41.0 Å². The van der Waals surface area contributed by atoms with Gasteiger partial charge < -0.3 is 10.2 Å². The standard InChI is InChI=1S/C24H24N6O2S/c1-24(2)7-5-15-12-30(28-22(15)24)16-3-4-20-19(9-16)18(6-8-26-20)23(32)27-11-21(31)29-14-33-13-17(29)10-25/h3-4,6,8-9,12,17H,5,7,11,13-14H2,1-2H3,(H,27,32)/t17-/m1/s1. The number of benzene rings is 1. The Kier molecular flexibility index (Phi) is 5.33. The fourth-order valence-electron chi connectivity index (χ4n) is 4.48. The Hall–Kier alpha value is -3.38. The molecule has 0 unspecified atom stereocenters. The molecule has 1 N–H and O–H groups in total. The van der Waals surface area contributed by atoms with Crippen molar-refractivity contribution in [1.82, 2.24) is 25.0 Å². The first kappa shape index (κ1) is 21.5. The predicted octanol–water partition coefficient (Wildman–Crippen LogP) is 2.80. The van der Waals surface area contributed by atoms with Gasteiger partial charge in [-0.1, -0.05) is 13.8 Å². The Morgan fingerprint density at radius 1 is 1.33 bits per heavy atom. The Labute approximate surface area is 196 Å². The lowest BCUT2D eigenvalue weighted by atomic mass is 9.91. The summed E-state index contributed by atoms with van der Waals surface area (Å²) in [6, 6.07) is 9.09. The quantitative estimate of drug-likeness (QED) is 0.642. The molecule has 168 valence electrons. The Morgan fingerprint density at radius 3 is 2.97 bits per heavy atom. The molecule has 5 rings (SSSR count). The van der Waals surface area contributed by atoms with Crippen molar-refractivity contribution in [3.8, 4) is 11.8 Å². The molecule has 1 aliphatic carbocycles. The molecule has 3 heterocycles. The molecular weight excluding hydrogens is 436 g/mol. The van der Waals surface area contributed by atoms with E-state index in [-0.39, 0.29) is 23.8 Å². The topological polar surface area (TPSA) is 104 Å². The molecule has 2 amide bonds. The van der Waals surface area contributed by atoms with Gasteiger partial charge in [0.1, 0.15) is 6.04 Å². The summed E-state index contributed by atoms with van der Waals surface area (Å²) >= 11 is 1.54. The summed E-state index contributed by atoms with van der Waals surface area (Å²) in [4.78, 5) is 31.4. The van der Waals surface area contributed by atoms with Crippen LogP contribution in [0.5, 0.6) is 0 Å². The molecule has 33 heavy (non-hydrogen) atoms. The summed E-state index contributed by atoms with van der Waals surface area (Å²) in [5.41, 5.74) is 4.45. The maximum absolute atomic E-state index is 13.0. The fourth-order valence-corrected chi connectivity index (χ4v) is 5.59. The molecule has 8 nitrogen and oxygen atoms in total. The van der Waals surface area contributed by atoms with Crippen LogP contribution in [0.2, 0.25) is 0 Å².